The number of hydrogen-bond acceptors (Lipinski definition) is 3. The molecular weight excluding hydrogens is 178 g/mol. The highest BCUT2D eigenvalue weighted by Crippen LogP contribution is 2.20. The summed E-state index contributed by atoms with van der Waals surface area (Å²) in [6, 6.07) is 0. The molecule has 1 saturated heterocycles. The second-order valence-electron chi connectivity index (χ2n) is 4.48. The van der Waals surface area contributed by atoms with E-state index >= 15 is 0 Å². The van der Waals surface area contributed by atoms with Crippen molar-refractivity contribution in [1.82, 2.24) is 0 Å². The molecule has 1 aliphatic heterocycles. The lowest BCUT2D eigenvalue weighted by Gasteiger charge is -2.19. The number of hydrogen-bond donors (Lipinski definition) is 1. The molecule has 1 aliphatic rings. The van der Waals surface area contributed by atoms with Gasteiger partial charge in [0.05, 0.1) is 24.9 Å². The van der Waals surface area contributed by atoms with Gasteiger partial charge in [0.2, 0.25) is 0 Å². The molecule has 3 nitrogen and oxygen atoms in total. The minimum absolute atomic E-state index is 0.262. The van der Waals surface area contributed by atoms with Gasteiger partial charge >= 0.3 is 0 Å². The zero-order valence-corrected chi connectivity index (χ0v) is 9.53. The summed E-state index contributed by atoms with van der Waals surface area (Å²) in [7, 11) is 0. The largest absolute Gasteiger partial charge is 0.376 e. The van der Waals surface area contributed by atoms with Gasteiger partial charge in [-0.05, 0) is 25.7 Å². The summed E-state index contributed by atoms with van der Waals surface area (Å²) in [5, 5.41) is 0. The smallest absolute Gasteiger partial charge is 0.0814 e. The van der Waals surface area contributed by atoms with Crippen LogP contribution in [0.5, 0.6) is 0 Å². The van der Waals surface area contributed by atoms with Gasteiger partial charge in [-0.25, -0.2) is 0 Å². The van der Waals surface area contributed by atoms with E-state index < -0.39 is 0 Å². The molecule has 0 aromatic heterocycles. The van der Waals surface area contributed by atoms with E-state index in [1.54, 1.807) is 0 Å². The lowest BCUT2D eigenvalue weighted by molar-refractivity contribution is -0.0460. The zero-order chi connectivity index (χ0) is 10.6. The number of rotatable bonds is 5. The summed E-state index contributed by atoms with van der Waals surface area (Å²) in [4.78, 5) is 0. The molecule has 14 heavy (non-hydrogen) atoms. The van der Waals surface area contributed by atoms with Gasteiger partial charge < -0.3 is 15.2 Å². The molecule has 0 spiro atoms. The van der Waals surface area contributed by atoms with Gasteiger partial charge in [0.1, 0.15) is 0 Å². The van der Waals surface area contributed by atoms with Crippen molar-refractivity contribution in [2.75, 3.05) is 13.2 Å². The molecule has 1 heterocycles. The standard InChI is InChI=1S/C11H23NO2/c1-8(2)9(3)13-7-11-5-4-10(6-12)14-11/h8-11H,4-7,12H2,1-3H3. The van der Waals surface area contributed by atoms with Gasteiger partial charge in [-0.15, -0.1) is 0 Å². The maximum absolute atomic E-state index is 5.71. The second-order valence-corrected chi connectivity index (χ2v) is 4.48. The van der Waals surface area contributed by atoms with Crippen LogP contribution in [0.2, 0.25) is 0 Å². The third-order valence-electron chi connectivity index (χ3n) is 2.94. The highest BCUT2D eigenvalue weighted by Gasteiger charge is 2.24. The first kappa shape index (κ1) is 12.0. The fourth-order valence-corrected chi connectivity index (χ4v) is 1.53. The van der Waals surface area contributed by atoms with Crippen molar-refractivity contribution in [3.05, 3.63) is 0 Å². The SMILES string of the molecule is CC(C)C(C)OCC1CCC(CN)O1. The van der Waals surface area contributed by atoms with Crippen molar-refractivity contribution < 1.29 is 9.47 Å². The van der Waals surface area contributed by atoms with Crippen LogP contribution >= 0.6 is 0 Å². The highest BCUT2D eigenvalue weighted by atomic mass is 16.5. The van der Waals surface area contributed by atoms with Gasteiger partial charge in [-0.2, -0.15) is 0 Å². The van der Waals surface area contributed by atoms with Gasteiger partial charge in [0, 0.05) is 6.54 Å². The Morgan fingerprint density at radius 2 is 1.93 bits per heavy atom. The highest BCUT2D eigenvalue weighted by molar-refractivity contribution is 4.74. The summed E-state index contributed by atoms with van der Waals surface area (Å²) in [6.45, 7) is 7.80. The lowest BCUT2D eigenvalue weighted by atomic mass is 10.1. The predicted molar refractivity (Wildman–Crippen MR) is 57.2 cm³/mol. The molecule has 0 aromatic carbocycles. The molecule has 0 amide bonds. The first-order valence-corrected chi connectivity index (χ1v) is 5.60. The van der Waals surface area contributed by atoms with Crippen LogP contribution in [-0.2, 0) is 9.47 Å². The van der Waals surface area contributed by atoms with Crippen LogP contribution in [0.3, 0.4) is 0 Å². The maximum atomic E-state index is 5.71. The third-order valence-corrected chi connectivity index (χ3v) is 2.94. The predicted octanol–water partition coefficient (Wildman–Crippen LogP) is 1.55. The number of nitrogens with two attached hydrogens (primary N) is 1. The van der Waals surface area contributed by atoms with Gasteiger partial charge in [0.25, 0.3) is 0 Å². The second kappa shape index (κ2) is 5.69. The third kappa shape index (κ3) is 3.56. The normalized spacial score (nSPS) is 29.8. The van der Waals surface area contributed by atoms with Crippen LogP contribution in [-0.4, -0.2) is 31.5 Å². The molecule has 84 valence electrons. The van der Waals surface area contributed by atoms with Crippen molar-refractivity contribution in [2.24, 2.45) is 11.7 Å². The monoisotopic (exact) mass is 201 g/mol. The Kier molecular flexibility index (Phi) is 4.85. The molecule has 0 saturated carbocycles. The molecule has 3 heteroatoms. The van der Waals surface area contributed by atoms with E-state index in [9.17, 15) is 0 Å². The van der Waals surface area contributed by atoms with E-state index in [1.165, 1.54) is 0 Å². The minimum Gasteiger partial charge on any atom is -0.376 e. The summed E-state index contributed by atoms with van der Waals surface area (Å²) in [6.07, 6.45) is 3.02. The summed E-state index contributed by atoms with van der Waals surface area (Å²) in [5.74, 6) is 0.571. The maximum Gasteiger partial charge on any atom is 0.0814 e. The Labute approximate surface area is 86.9 Å². The van der Waals surface area contributed by atoms with E-state index in [4.69, 9.17) is 15.2 Å². The number of ether oxygens (including phenoxy) is 2. The van der Waals surface area contributed by atoms with E-state index in [2.05, 4.69) is 20.8 Å². The lowest BCUT2D eigenvalue weighted by Crippen LogP contribution is -2.25. The molecule has 0 radical (unpaired) electrons. The molecule has 0 aromatic rings. The van der Waals surface area contributed by atoms with Crippen molar-refractivity contribution >= 4 is 0 Å². The zero-order valence-electron chi connectivity index (χ0n) is 9.53. The average Bonchev–Trinajstić information content (AvgIpc) is 2.61. The van der Waals surface area contributed by atoms with Crippen LogP contribution in [0.25, 0.3) is 0 Å². The summed E-state index contributed by atoms with van der Waals surface area (Å²) < 4.78 is 11.4. The van der Waals surface area contributed by atoms with Crippen molar-refractivity contribution in [3.8, 4) is 0 Å². The first-order chi connectivity index (χ1) is 6.63. The average molecular weight is 201 g/mol. The molecule has 0 aliphatic carbocycles. The Balaban J connectivity index is 2.14. The van der Waals surface area contributed by atoms with E-state index in [1.807, 2.05) is 0 Å². The van der Waals surface area contributed by atoms with Crippen molar-refractivity contribution in [2.45, 2.75) is 51.9 Å². The fourth-order valence-electron chi connectivity index (χ4n) is 1.53. The summed E-state index contributed by atoms with van der Waals surface area (Å²) in [5.41, 5.74) is 5.53. The Hall–Kier alpha value is -0.120. The topological polar surface area (TPSA) is 44.5 Å². The molecule has 3 atom stereocenters. The van der Waals surface area contributed by atoms with Crippen LogP contribution in [0.15, 0.2) is 0 Å². The van der Waals surface area contributed by atoms with Crippen LogP contribution in [0, 0.1) is 5.92 Å². The molecule has 1 rings (SSSR count). The van der Waals surface area contributed by atoms with Gasteiger partial charge in [0.15, 0.2) is 0 Å². The van der Waals surface area contributed by atoms with Crippen LogP contribution < -0.4 is 5.73 Å². The Bertz CT molecular complexity index is 161. The van der Waals surface area contributed by atoms with Crippen LogP contribution in [0.4, 0.5) is 0 Å². The van der Waals surface area contributed by atoms with Crippen LogP contribution in [0.1, 0.15) is 33.6 Å². The quantitative estimate of drug-likeness (QED) is 0.734. The molecule has 3 unspecified atom stereocenters. The minimum atomic E-state index is 0.262. The van der Waals surface area contributed by atoms with E-state index in [0.29, 0.717) is 18.6 Å². The van der Waals surface area contributed by atoms with Crippen molar-refractivity contribution in [3.63, 3.8) is 0 Å². The Morgan fingerprint density at radius 3 is 2.43 bits per heavy atom. The first-order valence-electron chi connectivity index (χ1n) is 5.60. The molecule has 0 bridgehead atoms. The molecular formula is C11H23NO2. The molecule has 2 N–H and O–H groups in total. The Morgan fingerprint density at radius 1 is 1.29 bits per heavy atom. The summed E-state index contributed by atoms with van der Waals surface area (Å²) >= 11 is 0. The fraction of sp³-hybridized carbons (Fsp3) is 1.00. The van der Waals surface area contributed by atoms with E-state index in [-0.39, 0.29) is 12.2 Å². The van der Waals surface area contributed by atoms with Gasteiger partial charge in [-0.3, -0.25) is 0 Å². The van der Waals surface area contributed by atoms with E-state index in [0.717, 1.165) is 19.4 Å². The van der Waals surface area contributed by atoms with Gasteiger partial charge in [-0.1, -0.05) is 13.8 Å². The molecule has 1 fully saturated rings. The van der Waals surface area contributed by atoms with Crippen molar-refractivity contribution in [1.29, 1.82) is 0 Å².